The number of aromatic nitrogens is 1. The van der Waals surface area contributed by atoms with E-state index in [0.29, 0.717) is 12.1 Å². The number of nitrogens with one attached hydrogen (secondary N) is 1. The highest BCUT2D eigenvalue weighted by molar-refractivity contribution is 6.07. The van der Waals surface area contributed by atoms with Gasteiger partial charge in [-0.15, -0.1) is 0 Å². The van der Waals surface area contributed by atoms with E-state index in [0.717, 1.165) is 0 Å². The number of nitrogens with two attached hydrogens (primary N) is 1. The third kappa shape index (κ3) is 2.61. The molecule has 5 N–H and O–H groups in total. The maximum atomic E-state index is 13.4. The van der Waals surface area contributed by atoms with Crippen LogP contribution in [0.15, 0.2) is 16.9 Å². The van der Waals surface area contributed by atoms with Crippen molar-refractivity contribution < 1.29 is 33.0 Å². The van der Waals surface area contributed by atoms with Crippen molar-refractivity contribution in [2.45, 2.75) is 0 Å². The third-order valence-corrected chi connectivity index (χ3v) is 2.94. The molecule has 0 unspecified atom stereocenters. The quantitative estimate of drug-likeness (QED) is 0.630. The molecule has 23 heavy (non-hydrogen) atoms. The number of anilines is 1. The van der Waals surface area contributed by atoms with Gasteiger partial charge < -0.3 is 20.9 Å². The summed E-state index contributed by atoms with van der Waals surface area (Å²) in [5.74, 6) is -9.53. The van der Waals surface area contributed by atoms with Crippen LogP contribution in [0.3, 0.4) is 0 Å². The lowest BCUT2D eigenvalue weighted by molar-refractivity contribution is 0.0695. The summed E-state index contributed by atoms with van der Waals surface area (Å²) in [5.41, 5.74) is 0.602. The first-order valence-corrected chi connectivity index (χ1v) is 5.82. The van der Waals surface area contributed by atoms with E-state index in [9.17, 15) is 27.6 Å². The summed E-state index contributed by atoms with van der Waals surface area (Å²) in [5, 5.41) is 18.2. The van der Waals surface area contributed by atoms with Crippen molar-refractivity contribution in [1.29, 1.82) is 0 Å². The van der Waals surface area contributed by atoms with Gasteiger partial charge in [0.25, 0.3) is 5.56 Å². The molecule has 1 aromatic carbocycles. The minimum Gasteiger partial charge on any atom is -0.478 e. The molecule has 1 heterocycles. The van der Waals surface area contributed by atoms with E-state index < -0.39 is 63.0 Å². The maximum absolute atomic E-state index is 13.4. The van der Waals surface area contributed by atoms with E-state index >= 15 is 0 Å². The molecule has 0 aliphatic carbocycles. The van der Waals surface area contributed by atoms with Crippen LogP contribution in [0.4, 0.5) is 19.0 Å². The van der Waals surface area contributed by atoms with Crippen LogP contribution in [-0.2, 0) is 0 Å². The summed E-state index contributed by atoms with van der Waals surface area (Å²) in [6.07, 6.45) is 0. The lowest BCUT2D eigenvalue weighted by atomic mass is 9.95. The summed E-state index contributed by atoms with van der Waals surface area (Å²) in [6.45, 7) is 0. The second kappa shape index (κ2) is 5.48. The highest BCUT2D eigenvalue weighted by atomic mass is 19.2. The van der Waals surface area contributed by atoms with Crippen molar-refractivity contribution >= 4 is 17.8 Å². The number of rotatable bonds is 3. The smallest absolute Gasteiger partial charge is 0.342 e. The Balaban J connectivity index is 3.03. The van der Waals surface area contributed by atoms with Crippen LogP contribution in [0, 0.1) is 17.5 Å². The van der Waals surface area contributed by atoms with Gasteiger partial charge >= 0.3 is 11.9 Å². The van der Waals surface area contributed by atoms with Crippen molar-refractivity contribution in [3.05, 3.63) is 51.1 Å². The van der Waals surface area contributed by atoms with Crippen molar-refractivity contribution in [1.82, 2.24) is 4.98 Å². The number of carboxylic acids is 2. The van der Waals surface area contributed by atoms with Crippen LogP contribution in [-0.4, -0.2) is 27.1 Å². The Labute approximate surface area is 124 Å². The molecule has 0 saturated heterocycles. The Kier molecular flexibility index (Phi) is 3.83. The molecule has 2 aromatic rings. The number of hydrogen-bond acceptors (Lipinski definition) is 4. The number of hydrogen-bond donors (Lipinski definition) is 4. The number of H-pyrrole nitrogens is 1. The number of aromatic amines is 1. The Morgan fingerprint density at radius 2 is 1.48 bits per heavy atom. The Morgan fingerprint density at radius 1 is 1.00 bits per heavy atom. The molecule has 0 spiro atoms. The van der Waals surface area contributed by atoms with Crippen molar-refractivity contribution in [2.75, 3.05) is 5.73 Å². The van der Waals surface area contributed by atoms with Crippen molar-refractivity contribution in [3.63, 3.8) is 0 Å². The van der Waals surface area contributed by atoms with E-state index in [1.54, 1.807) is 0 Å². The zero-order valence-electron chi connectivity index (χ0n) is 11.0. The number of nitrogen functional groups attached to an aromatic ring is 1. The van der Waals surface area contributed by atoms with Gasteiger partial charge in [-0.3, -0.25) is 4.79 Å². The van der Waals surface area contributed by atoms with Crippen LogP contribution in [0.2, 0.25) is 0 Å². The summed E-state index contributed by atoms with van der Waals surface area (Å²) in [4.78, 5) is 36.0. The molecule has 10 heteroatoms. The lowest BCUT2D eigenvalue weighted by Crippen LogP contribution is -2.24. The molecule has 2 rings (SSSR count). The molecule has 0 saturated carbocycles. The highest BCUT2D eigenvalue weighted by Crippen LogP contribution is 2.31. The van der Waals surface area contributed by atoms with Gasteiger partial charge in [0.15, 0.2) is 17.5 Å². The number of carboxylic acid groups (broad SMARTS) is 2. The van der Waals surface area contributed by atoms with E-state index in [1.165, 1.54) is 0 Å². The number of carbonyl (C=O) groups is 2. The molecule has 0 aliphatic rings. The van der Waals surface area contributed by atoms with Crippen molar-refractivity contribution in [2.24, 2.45) is 0 Å². The minimum atomic E-state index is -1.85. The van der Waals surface area contributed by atoms with Gasteiger partial charge in [0.1, 0.15) is 16.9 Å². The standard InChI is InChI=1S/C13H7F3N2O5/c14-4-1-3(2-5(15)9(4)16)6-7(12(20)21)10(17)18-11(19)8(6)13(22)23/h1-2H,(H,20,21)(H,22,23)(H3,17,18,19). The lowest BCUT2D eigenvalue weighted by Gasteiger charge is -2.12. The van der Waals surface area contributed by atoms with Gasteiger partial charge in [-0.25, -0.2) is 22.8 Å². The molecule has 7 nitrogen and oxygen atoms in total. The number of pyridine rings is 1. The molecular weight excluding hydrogens is 321 g/mol. The molecule has 0 radical (unpaired) electrons. The second-order valence-corrected chi connectivity index (χ2v) is 4.36. The zero-order chi connectivity index (χ0) is 17.5. The fraction of sp³-hybridized carbons (Fsp3) is 0. The first-order chi connectivity index (χ1) is 10.6. The monoisotopic (exact) mass is 328 g/mol. The first-order valence-electron chi connectivity index (χ1n) is 5.82. The SMILES string of the molecule is Nc1[nH]c(=O)c(C(=O)O)c(-c2cc(F)c(F)c(F)c2)c1C(=O)O. The molecule has 0 amide bonds. The topological polar surface area (TPSA) is 133 Å². The molecule has 0 atom stereocenters. The number of benzene rings is 1. The average Bonchev–Trinajstić information content (AvgIpc) is 2.42. The summed E-state index contributed by atoms with van der Waals surface area (Å²) >= 11 is 0. The van der Waals surface area contributed by atoms with E-state index in [1.807, 2.05) is 4.98 Å². The zero-order valence-corrected chi connectivity index (χ0v) is 11.0. The van der Waals surface area contributed by atoms with E-state index in [-0.39, 0.29) is 0 Å². The highest BCUT2D eigenvalue weighted by Gasteiger charge is 2.27. The second-order valence-electron chi connectivity index (χ2n) is 4.36. The van der Waals surface area contributed by atoms with Gasteiger partial charge in [-0.1, -0.05) is 0 Å². The van der Waals surface area contributed by atoms with Crippen LogP contribution in [0.1, 0.15) is 20.7 Å². The van der Waals surface area contributed by atoms with Gasteiger partial charge in [0, 0.05) is 5.56 Å². The van der Waals surface area contributed by atoms with Gasteiger partial charge in [0.2, 0.25) is 0 Å². The molecule has 0 bridgehead atoms. The van der Waals surface area contributed by atoms with Crippen molar-refractivity contribution in [3.8, 4) is 11.1 Å². The first kappa shape index (κ1) is 16.1. The Morgan fingerprint density at radius 3 is 1.91 bits per heavy atom. The fourth-order valence-electron chi connectivity index (χ4n) is 2.04. The molecular formula is C13H7F3N2O5. The number of halogens is 3. The van der Waals surface area contributed by atoms with E-state index in [4.69, 9.17) is 15.9 Å². The predicted molar refractivity (Wildman–Crippen MR) is 70.7 cm³/mol. The molecule has 0 aliphatic heterocycles. The number of aromatic carboxylic acids is 2. The minimum absolute atomic E-state index is 0.367. The predicted octanol–water partition coefficient (Wildman–Crippen LogP) is 1.44. The summed E-state index contributed by atoms with van der Waals surface area (Å²) < 4.78 is 39.8. The normalized spacial score (nSPS) is 10.6. The average molecular weight is 328 g/mol. The summed E-state index contributed by atoms with van der Waals surface area (Å²) in [6, 6.07) is 0.733. The van der Waals surface area contributed by atoms with Gasteiger partial charge in [-0.05, 0) is 17.7 Å². The Bertz CT molecular complexity index is 884. The van der Waals surface area contributed by atoms with Gasteiger partial charge in [0.05, 0.1) is 0 Å². The fourth-order valence-corrected chi connectivity index (χ4v) is 2.04. The molecule has 0 fully saturated rings. The maximum Gasteiger partial charge on any atom is 0.342 e. The molecule has 120 valence electrons. The van der Waals surface area contributed by atoms with Crippen LogP contribution in [0.25, 0.3) is 11.1 Å². The third-order valence-electron chi connectivity index (χ3n) is 2.94. The van der Waals surface area contributed by atoms with Crippen LogP contribution < -0.4 is 11.3 Å². The molecule has 1 aromatic heterocycles. The van der Waals surface area contributed by atoms with Crippen LogP contribution in [0.5, 0.6) is 0 Å². The largest absolute Gasteiger partial charge is 0.478 e. The summed E-state index contributed by atoms with van der Waals surface area (Å²) in [7, 11) is 0. The van der Waals surface area contributed by atoms with Gasteiger partial charge in [-0.2, -0.15) is 0 Å². The van der Waals surface area contributed by atoms with E-state index in [2.05, 4.69) is 0 Å². The van der Waals surface area contributed by atoms with Crippen LogP contribution >= 0.6 is 0 Å². The Hall–Kier alpha value is -3.30.